The van der Waals surface area contributed by atoms with Gasteiger partial charge in [0.2, 0.25) is 0 Å². The Morgan fingerprint density at radius 3 is 1.67 bits per heavy atom. The second-order valence-corrected chi connectivity index (χ2v) is 2.94. The van der Waals surface area contributed by atoms with Crippen molar-refractivity contribution < 1.29 is 53.4 Å². The van der Waals surface area contributed by atoms with Gasteiger partial charge >= 0.3 is 36.1 Å². The van der Waals surface area contributed by atoms with E-state index in [9.17, 15) is 43.9 Å². The fourth-order valence-corrected chi connectivity index (χ4v) is 0.893. The first kappa shape index (κ1) is 14.7. The van der Waals surface area contributed by atoms with Crippen LogP contribution in [0.2, 0.25) is 0 Å². The summed E-state index contributed by atoms with van der Waals surface area (Å²) in [6.45, 7) is 0. The monoisotopic (exact) mass is 294 g/mol. The van der Waals surface area contributed by atoms with E-state index in [0.717, 1.165) is 0 Å². The minimum absolute atomic E-state index is 2.53. The lowest BCUT2D eigenvalue weighted by Gasteiger charge is -2.41. The van der Waals surface area contributed by atoms with E-state index in [0.29, 0.717) is 0 Å². The lowest BCUT2D eigenvalue weighted by atomic mass is 10.1. The average Bonchev–Trinajstić information content (AvgIpc) is 2.11. The van der Waals surface area contributed by atoms with Gasteiger partial charge in [0.15, 0.2) is 0 Å². The van der Waals surface area contributed by atoms with Crippen LogP contribution in [0, 0.1) is 0 Å². The van der Waals surface area contributed by atoms with E-state index in [1.807, 2.05) is 0 Å². The largest absolute Gasteiger partial charge is 0.474 e. The van der Waals surface area contributed by atoms with Gasteiger partial charge in [0.1, 0.15) is 0 Å². The zero-order chi connectivity index (χ0) is 14.6. The summed E-state index contributed by atoms with van der Waals surface area (Å²) in [4.78, 5) is 0. The van der Waals surface area contributed by atoms with Gasteiger partial charge in [0.25, 0.3) is 0 Å². The lowest BCUT2D eigenvalue weighted by Crippen LogP contribution is -2.68. The molecule has 12 heteroatoms. The minimum atomic E-state index is -6.70. The van der Waals surface area contributed by atoms with Crippen LogP contribution >= 0.6 is 0 Å². The van der Waals surface area contributed by atoms with E-state index >= 15 is 0 Å². The summed E-state index contributed by atoms with van der Waals surface area (Å²) in [7, 11) is 0. The Labute approximate surface area is 90.8 Å². The van der Waals surface area contributed by atoms with Gasteiger partial charge in [-0.3, -0.25) is 0 Å². The molecule has 0 aromatic carbocycles. The topological polar surface area (TPSA) is 18.5 Å². The normalized spacial score (nSPS) is 30.4. The maximum Gasteiger partial charge on any atom is 0.474 e. The van der Waals surface area contributed by atoms with E-state index in [1.165, 1.54) is 0 Å². The fraction of sp³-hybridized carbons (Fsp3) is 0.667. The van der Waals surface area contributed by atoms with Crippen molar-refractivity contribution in [2.45, 2.75) is 24.1 Å². The van der Waals surface area contributed by atoms with Gasteiger partial charge in [-0.05, 0) is 0 Å². The molecule has 1 atom stereocenters. The molecule has 1 unspecified atom stereocenters. The summed E-state index contributed by atoms with van der Waals surface area (Å²) in [5.74, 6) is -15.9. The Morgan fingerprint density at radius 2 is 1.33 bits per heavy atom. The fourth-order valence-electron chi connectivity index (χ4n) is 0.893. The van der Waals surface area contributed by atoms with Gasteiger partial charge in [0.05, 0.1) is 0 Å². The van der Waals surface area contributed by atoms with Crippen LogP contribution in [0.3, 0.4) is 0 Å². The maximum atomic E-state index is 12.9. The number of halogens is 10. The number of alkyl halides is 8. The van der Waals surface area contributed by atoms with Crippen molar-refractivity contribution in [1.29, 1.82) is 0 Å². The molecule has 1 aliphatic heterocycles. The minimum Gasteiger partial charge on any atom is -0.410 e. The highest BCUT2D eigenvalue weighted by Gasteiger charge is 2.87. The van der Waals surface area contributed by atoms with Crippen LogP contribution in [0.5, 0.6) is 0 Å². The van der Waals surface area contributed by atoms with E-state index < -0.39 is 36.1 Å². The molecule has 2 nitrogen and oxygen atoms in total. The first-order valence-corrected chi connectivity index (χ1v) is 3.71. The molecule has 1 fully saturated rings. The predicted octanol–water partition coefficient (Wildman–Crippen LogP) is 3.55. The highest BCUT2D eigenvalue weighted by atomic mass is 19.4. The summed E-state index contributed by atoms with van der Waals surface area (Å²) in [5, 5.41) is 0. The molecule has 0 saturated carbocycles. The van der Waals surface area contributed by atoms with Crippen LogP contribution in [0.4, 0.5) is 43.9 Å². The van der Waals surface area contributed by atoms with Gasteiger partial charge in [-0.1, -0.05) is 0 Å². The average molecular weight is 294 g/mol. The third-order valence-corrected chi connectivity index (χ3v) is 1.74. The maximum absolute atomic E-state index is 12.9. The van der Waals surface area contributed by atoms with Crippen molar-refractivity contribution in [3.05, 3.63) is 12.0 Å². The van der Waals surface area contributed by atoms with Gasteiger partial charge in [-0.25, -0.2) is 0 Å². The Bertz CT molecular complexity index is 380. The lowest BCUT2D eigenvalue weighted by molar-refractivity contribution is -0.503. The van der Waals surface area contributed by atoms with Crippen LogP contribution in [0.15, 0.2) is 12.0 Å². The number of hydrogen-bond acceptors (Lipinski definition) is 2. The third kappa shape index (κ3) is 1.73. The highest BCUT2D eigenvalue weighted by molar-refractivity contribution is 5.06. The van der Waals surface area contributed by atoms with Crippen molar-refractivity contribution >= 4 is 0 Å². The molecule has 0 amide bonds. The summed E-state index contributed by atoms with van der Waals surface area (Å²) in [6.07, 6.45) is -16.3. The number of ether oxygens (including phenoxy) is 2. The van der Waals surface area contributed by atoms with Crippen molar-refractivity contribution in [2.75, 3.05) is 0 Å². The molecular weight excluding hydrogens is 294 g/mol. The second kappa shape index (κ2) is 3.57. The molecule has 0 bridgehead atoms. The van der Waals surface area contributed by atoms with E-state index in [4.69, 9.17) is 0 Å². The molecule has 0 spiro atoms. The zero-order valence-corrected chi connectivity index (χ0v) is 7.60. The Kier molecular flexibility index (Phi) is 2.92. The molecule has 0 radical (unpaired) electrons. The van der Waals surface area contributed by atoms with Gasteiger partial charge in [-0.15, -0.1) is 0 Å². The molecule has 1 aliphatic rings. The predicted molar refractivity (Wildman–Crippen MR) is 31.2 cm³/mol. The van der Waals surface area contributed by atoms with Gasteiger partial charge in [0, 0.05) is 0 Å². The molecule has 106 valence electrons. The standard InChI is InChI=1S/C6F10O2/c7-1(8)2-17-4(11,5(12,13)14)3(9,10)6(15,16)18-2. The highest BCUT2D eigenvalue weighted by Crippen LogP contribution is 2.57. The van der Waals surface area contributed by atoms with Crippen molar-refractivity contribution in [1.82, 2.24) is 0 Å². The second-order valence-electron chi connectivity index (χ2n) is 2.94. The van der Waals surface area contributed by atoms with E-state index in [2.05, 4.69) is 9.47 Å². The summed E-state index contributed by atoms with van der Waals surface area (Å²) < 4.78 is 128. The van der Waals surface area contributed by atoms with Crippen LogP contribution in [0.25, 0.3) is 0 Å². The number of hydrogen-bond donors (Lipinski definition) is 0. The molecule has 18 heavy (non-hydrogen) atoms. The Hall–Kier alpha value is -1.36. The first-order chi connectivity index (χ1) is 7.76. The van der Waals surface area contributed by atoms with Crippen LogP contribution in [-0.4, -0.2) is 24.1 Å². The molecule has 0 aromatic rings. The molecular formula is C6F10O2. The molecule has 0 aliphatic carbocycles. The van der Waals surface area contributed by atoms with Crippen LogP contribution in [-0.2, 0) is 9.47 Å². The summed E-state index contributed by atoms with van der Waals surface area (Å²) in [5.41, 5.74) is 0. The van der Waals surface area contributed by atoms with E-state index in [1.54, 1.807) is 0 Å². The number of rotatable bonds is 0. The molecule has 1 heterocycles. The summed E-state index contributed by atoms with van der Waals surface area (Å²) in [6, 6.07) is 0. The van der Waals surface area contributed by atoms with E-state index in [-0.39, 0.29) is 0 Å². The van der Waals surface area contributed by atoms with Crippen molar-refractivity contribution in [3.63, 3.8) is 0 Å². The van der Waals surface area contributed by atoms with Crippen molar-refractivity contribution in [3.8, 4) is 0 Å². The summed E-state index contributed by atoms with van der Waals surface area (Å²) >= 11 is 0. The smallest absolute Gasteiger partial charge is 0.410 e. The van der Waals surface area contributed by atoms with Crippen LogP contribution < -0.4 is 0 Å². The third-order valence-electron chi connectivity index (χ3n) is 1.74. The Balaban J connectivity index is 3.44. The molecule has 1 saturated heterocycles. The van der Waals surface area contributed by atoms with Gasteiger partial charge in [-0.2, -0.15) is 43.9 Å². The van der Waals surface area contributed by atoms with Crippen LogP contribution in [0.1, 0.15) is 0 Å². The van der Waals surface area contributed by atoms with Gasteiger partial charge < -0.3 is 9.47 Å². The van der Waals surface area contributed by atoms with Crippen molar-refractivity contribution in [2.24, 2.45) is 0 Å². The first-order valence-electron chi connectivity index (χ1n) is 3.71. The zero-order valence-electron chi connectivity index (χ0n) is 7.60. The molecule has 0 N–H and O–H groups in total. The quantitative estimate of drug-likeness (QED) is 0.636. The molecule has 1 rings (SSSR count). The SMILES string of the molecule is FC(F)=C1OC(F)(F)C(F)(F)C(F)(C(F)(F)F)O1. The molecule has 0 aromatic heterocycles. The Morgan fingerprint density at radius 1 is 0.889 bits per heavy atom.